The highest BCUT2D eigenvalue weighted by atomic mass is 16.5. The van der Waals surface area contributed by atoms with Gasteiger partial charge in [-0.2, -0.15) is 0 Å². The van der Waals surface area contributed by atoms with Gasteiger partial charge >= 0.3 is 5.97 Å². The normalized spacial score (nSPS) is 14.8. The molecule has 1 heterocycles. The van der Waals surface area contributed by atoms with Crippen LogP contribution in [0, 0.1) is 0 Å². The van der Waals surface area contributed by atoms with E-state index in [9.17, 15) is 9.59 Å². The zero-order valence-corrected chi connectivity index (χ0v) is 11.7. The Hall–Kier alpha value is -1.36. The molecular formula is C14H23NO4. The van der Waals surface area contributed by atoms with Gasteiger partial charge in [0.25, 0.3) is 0 Å². The number of carbonyl (C=O) groups excluding carboxylic acids is 2. The second-order valence-electron chi connectivity index (χ2n) is 4.72. The van der Waals surface area contributed by atoms with Crippen LogP contribution in [0.25, 0.3) is 0 Å². The number of likely N-dealkylation sites (tertiary alicyclic amines) is 1. The number of ether oxygens (including phenoxy) is 2. The Kier molecular flexibility index (Phi) is 7.18. The second-order valence-corrected chi connectivity index (χ2v) is 4.72. The molecule has 1 saturated heterocycles. The summed E-state index contributed by atoms with van der Waals surface area (Å²) in [5.41, 5.74) is 0.423. The fourth-order valence-corrected chi connectivity index (χ4v) is 1.81. The zero-order valence-electron chi connectivity index (χ0n) is 11.7. The molecular weight excluding hydrogens is 246 g/mol. The Labute approximate surface area is 114 Å². The summed E-state index contributed by atoms with van der Waals surface area (Å²) < 4.78 is 10.4. The molecule has 0 atom stereocenters. The van der Waals surface area contributed by atoms with Gasteiger partial charge in [0.15, 0.2) is 0 Å². The van der Waals surface area contributed by atoms with Gasteiger partial charge in [0, 0.05) is 31.7 Å². The molecule has 0 aromatic carbocycles. The SMILES string of the molecule is C=C(C)C(=O)OCCCCOCCN1CCCC1=O. The fraction of sp³-hybridized carbons (Fsp3) is 0.714. The first-order chi connectivity index (χ1) is 9.11. The van der Waals surface area contributed by atoms with Crippen LogP contribution in [-0.2, 0) is 19.1 Å². The lowest BCUT2D eigenvalue weighted by molar-refractivity contribution is -0.139. The molecule has 0 N–H and O–H groups in total. The first-order valence-electron chi connectivity index (χ1n) is 6.79. The van der Waals surface area contributed by atoms with Crippen LogP contribution in [0.1, 0.15) is 32.6 Å². The molecule has 19 heavy (non-hydrogen) atoms. The summed E-state index contributed by atoms with van der Waals surface area (Å²) in [6.45, 7) is 8.30. The zero-order chi connectivity index (χ0) is 14.1. The molecule has 0 saturated carbocycles. The van der Waals surface area contributed by atoms with Crippen molar-refractivity contribution in [1.82, 2.24) is 4.90 Å². The smallest absolute Gasteiger partial charge is 0.333 e. The van der Waals surface area contributed by atoms with Gasteiger partial charge in [-0.25, -0.2) is 4.79 Å². The number of esters is 1. The van der Waals surface area contributed by atoms with Crippen molar-refractivity contribution in [3.05, 3.63) is 12.2 Å². The number of hydrogen-bond donors (Lipinski definition) is 0. The molecule has 0 aliphatic carbocycles. The molecule has 1 aliphatic heterocycles. The summed E-state index contributed by atoms with van der Waals surface area (Å²) in [5, 5.41) is 0. The highest BCUT2D eigenvalue weighted by Gasteiger charge is 2.18. The van der Waals surface area contributed by atoms with Crippen molar-refractivity contribution in [2.45, 2.75) is 32.6 Å². The minimum atomic E-state index is -0.339. The standard InChI is InChI=1S/C14H23NO4/c1-12(2)14(17)19-10-4-3-9-18-11-8-15-7-5-6-13(15)16/h1,3-11H2,2H3. The minimum absolute atomic E-state index is 0.232. The summed E-state index contributed by atoms with van der Waals surface area (Å²) >= 11 is 0. The van der Waals surface area contributed by atoms with Crippen molar-refractivity contribution in [3.8, 4) is 0 Å². The Bertz CT molecular complexity index is 327. The highest BCUT2D eigenvalue weighted by molar-refractivity contribution is 5.86. The largest absolute Gasteiger partial charge is 0.462 e. The van der Waals surface area contributed by atoms with Crippen LogP contribution in [0.2, 0.25) is 0 Å². The molecule has 1 amide bonds. The van der Waals surface area contributed by atoms with Crippen molar-refractivity contribution in [2.75, 3.05) is 32.9 Å². The molecule has 0 unspecified atom stereocenters. The van der Waals surface area contributed by atoms with Gasteiger partial charge in [0.05, 0.1) is 13.2 Å². The Balaban J connectivity index is 1.87. The van der Waals surface area contributed by atoms with E-state index in [4.69, 9.17) is 9.47 Å². The lowest BCUT2D eigenvalue weighted by Gasteiger charge is -2.15. The Morgan fingerprint density at radius 1 is 1.32 bits per heavy atom. The monoisotopic (exact) mass is 269 g/mol. The van der Waals surface area contributed by atoms with Gasteiger partial charge in [-0.15, -0.1) is 0 Å². The van der Waals surface area contributed by atoms with Gasteiger partial charge in [-0.1, -0.05) is 6.58 Å². The average molecular weight is 269 g/mol. The maximum absolute atomic E-state index is 11.3. The Morgan fingerprint density at radius 3 is 2.68 bits per heavy atom. The quantitative estimate of drug-likeness (QED) is 0.362. The molecule has 0 spiro atoms. The van der Waals surface area contributed by atoms with E-state index in [0.29, 0.717) is 38.4 Å². The van der Waals surface area contributed by atoms with E-state index >= 15 is 0 Å². The first-order valence-corrected chi connectivity index (χ1v) is 6.79. The van der Waals surface area contributed by atoms with Gasteiger partial charge in [-0.3, -0.25) is 4.79 Å². The van der Waals surface area contributed by atoms with E-state index in [1.54, 1.807) is 6.92 Å². The van der Waals surface area contributed by atoms with Crippen molar-refractivity contribution >= 4 is 11.9 Å². The topological polar surface area (TPSA) is 55.8 Å². The van der Waals surface area contributed by atoms with E-state index in [0.717, 1.165) is 25.8 Å². The average Bonchev–Trinajstić information content (AvgIpc) is 2.78. The molecule has 0 aromatic heterocycles. The van der Waals surface area contributed by atoms with Crippen molar-refractivity contribution in [1.29, 1.82) is 0 Å². The maximum Gasteiger partial charge on any atom is 0.333 e. The third kappa shape index (κ3) is 6.38. The minimum Gasteiger partial charge on any atom is -0.462 e. The third-order valence-electron chi connectivity index (χ3n) is 2.94. The number of carbonyl (C=O) groups is 2. The number of amides is 1. The summed E-state index contributed by atoms with van der Waals surface area (Å²) in [5.74, 6) is -0.108. The van der Waals surface area contributed by atoms with E-state index < -0.39 is 0 Å². The van der Waals surface area contributed by atoms with Crippen molar-refractivity contribution in [3.63, 3.8) is 0 Å². The third-order valence-corrected chi connectivity index (χ3v) is 2.94. The lowest BCUT2D eigenvalue weighted by atomic mass is 10.3. The van der Waals surface area contributed by atoms with Crippen LogP contribution in [-0.4, -0.2) is 49.7 Å². The molecule has 5 nitrogen and oxygen atoms in total. The number of rotatable bonds is 9. The highest BCUT2D eigenvalue weighted by Crippen LogP contribution is 2.08. The summed E-state index contributed by atoms with van der Waals surface area (Å²) in [4.78, 5) is 24.2. The Morgan fingerprint density at radius 2 is 2.05 bits per heavy atom. The molecule has 108 valence electrons. The lowest BCUT2D eigenvalue weighted by Crippen LogP contribution is -2.28. The molecule has 1 rings (SSSR count). The van der Waals surface area contributed by atoms with Crippen LogP contribution in [0.5, 0.6) is 0 Å². The second kappa shape index (κ2) is 8.69. The fourth-order valence-electron chi connectivity index (χ4n) is 1.81. The first kappa shape index (κ1) is 15.7. The van der Waals surface area contributed by atoms with Crippen molar-refractivity contribution < 1.29 is 19.1 Å². The number of hydrogen-bond acceptors (Lipinski definition) is 4. The molecule has 0 aromatic rings. The molecule has 0 bridgehead atoms. The summed E-state index contributed by atoms with van der Waals surface area (Å²) in [6.07, 6.45) is 3.26. The van der Waals surface area contributed by atoms with Gasteiger partial charge in [0.1, 0.15) is 0 Å². The van der Waals surface area contributed by atoms with Crippen molar-refractivity contribution in [2.24, 2.45) is 0 Å². The van der Waals surface area contributed by atoms with Crippen LogP contribution in [0.4, 0.5) is 0 Å². The van der Waals surface area contributed by atoms with Crippen LogP contribution < -0.4 is 0 Å². The van der Waals surface area contributed by atoms with Gasteiger partial charge in [0.2, 0.25) is 5.91 Å². The van der Waals surface area contributed by atoms with Gasteiger partial charge in [-0.05, 0) is 26.2 Å². The van der Waals surface area contributed by atoms with Gasteiger partial charge < -0.3 is 14.4 Å². The molecule has 5 heteroatoms. The van der Waals surface area contributed by atoms with E-state index in [1.165, 1.54) is 0 Å². The van der Waals surface area contributed by atoms with Crippen LogP contribution >= 0.6 is 0 Å². The van der Waals surface area contributed by atoms with E-state index in [-0.39, 0.29) is 11.9 Å². The number of unbranched alkanes of at least 4 members (excludes halogenated alkanes) is 1. The van der Waals surface area contributed by atoms with Crippen LogP contribution in [0.3, 0.4) is 0 Å². The predicted molar refractivity (Wildman–Crippen MR) is 71.6 cm³/mol. The molecule has 1 aliphatic rings. The summed E-state index contributed by atoms with van der Waals surface area (Å²) in [6, 6.07) is 0. The molecule has 0 radical (unpaired) electrons. The van der Waals surface area contributed by atoms with Crippen LogP contribution in [0.15, 0.2) is 12.2 Å². The summed E-state index contributed by atoms with van der Waals surface area (Å²) in [7, 11) is 0. The maximum atomic E-state index is 11.3. The molecule has 1 fully saturated rings. The van der Waals surface area contributed by atoms with E-state index in [2.05, 4.69) is 6.58 Å². The predicted octanol–water partition coefficient (Wildman–Crippen LogP) is 1.52. The van der Waals surface area contributed by atoms with E-state index in [1.807, 2.05) is 4.90 Å². The number of nitrogens with zero attached hydrogens (tertiary/aromatic N) is 1.